The highest BCUT2D eigenvalue weighted by atomic mass is 16.1. The summed E-state index contributed by atoms with van der Waals surface area (Å²) in [6, 6.07) is 13.8. The molecular formula is C25H28N4O. The Labute approximate surface area is 177 Å². The van der Waals surface area contributed by atoms with E-state index in [9.17, 15) is 4.79 Å². The minimum atomic E-state index is -0.0216. The van der Waals surface area contributed by atoms with Crippen LogP contribution in [0, 0.1) is 0 Å². The van der Waals surface area contributed by atoms with Crippen molar-refractivity contribution in [3.05, 3.63) is 72.1 Å². The number of carbonyl (C=O) groups is 1. The molecular weight excluding hydrogens is 372 g/mol. The fourth-order valence-electron chi connectivity index (χ4n) is 3.87. The van der Waals surface area contributed by atoms with E-state index in [0.717, 1.165) is 54.6 Å². The van der Waals surface area contributed by atoms with Crippen molar-refractivity contribution in [1.29, 1.82) is 0 Å². The summed E-state index contributed by atoms with van der Waals surface area (Å²) < 4.78 is 0. The lowest BCUT2D eigenvalue weighted by Crippen LogP contribution is -2.44. The van der Waals surface area contributed by atoms with Crippen molar-refractivity contribution < 1.29 is 4.79 Å². The molecule has 0 saturated carbocycles. The van der Waals surface area contributed by atoms with E-state index >= 15 is 0 Å². The van der Waals surface area contributed by atoms with E-state index in [1.54, 1.807) is 12.4 Å². The quantitative estimate of drug-likeness (QED) is 0.643. The molecule has 1 aliphatic heterocycles. The molecule has 0 radical (unpaired) electrons. The third kappa shape index (κ3) is 4.74. The number of fused-ring (bicyclic) bond motifs is 1. The summed E-state index contributed by atoms with van der Waals surface area (Å²) in [4.78, 5) is 24.5. The summed E-state index contributed by atoms with van der Waals surface area (Å²) in [5, 5.41) is 4.15. The monoisotopic (exact) mass is 400 g/mol. The van der Waals surface area contributed by atoms with Gasteiger partial charge < -0.3 is 5.32 Å². The standard InChI is InChI=1S/C25H28N4O/c1-18(2)9-14-29-15-10-20(11-16-29)27-25(30)22-17-24(19-7-12-26-13-8-19)28-23-6-4-3-5-21(22)23/h3-9,12-13,17,20H,10-11,14-16H2,1-2H3,(H,27,30). The summed E-state index contributed by atoms with van der Waals surface area (Å²) >= 11 is 0. The fourth-order valence-corrected chi connectivity index (χ4v) is 3.87. The van der Waals surface area contributed by atoms with Gasteiger partial charge in [0.15, 0.2) is 0 Å². The smallest absolute Gasteiger partial charge is 0.252 e. The van der Waals surface area contributed by atoms with Crippen molar-refractivity contribution in [3.63, 3.8) is 0 Å². The van der Waals surface area contributed by atoms with Gasteiger partial charge in [0.2, 0.25) is 0 Å². The number of hydrogen-bond donors (Lipinski definition) is 1. The Morgan fingerprint density at radius 3 is 2.60 bits per heavy atom. The van der Waals surface area contributed by atoms with E-state index in [4.69, 9.17) is 4.98 Å². The van der Waals surface area contributed by atoms with Crippen molar-refractivity contribution >= 4 is 16.8 Å². The summed E-state index contributed by atoms with van der Waals surface area (Å²) in [5.74, 6) is -0.0216. The van der Waals surface area contributed by atoms with Crippen molar-refractivity contribution in [1.82, 2.24) is 20.2 Å². The van der Waals surface area contributed by atoms with Gasteiger partial charge in [-0.05, 0) is 51.0 Å². The molecule has 1 fully saturated rings. The van der Waals surface area contributed by atoms with Crippen molar-refractivity contribution in [2.45, 2.75) is 32.7 Å². The zero-order valence-electron chi connectivity index (χ0n) is 17.6. The second-order valence-electron chi connectivity index (χ2n) is 8.14. The number of benzene rings is 1. The number of nitrogens with one attached hydrogen (secondary N) is 1. The van der Waals surface area contributed by atoms with Gasteiger partial charge >= 0.3 is 0 Å². The van der Waals surface area contributed by atoms with Crippen LogP contribution in [0.3, 0.4) is 0 Å². The number of para-hydroxylation sites is 1. The van der Waals surface area contributed by atoms with Crippen LogP contribution in [0.4, 0.5) is 0 Å². The van der Waals surface area contributed by atoms with E-state index < -0.39 is 0 Å². The van der Waals surface area contributed by atoms with Crippen LogP contribution >= 0.6 is 0 Å². The number of likely N-dealkylation sites (tertiary alicyclic amines) is 1. The zero-order valence-corrected chi connectivity index (χ0v) is 17.6. The number of nitrogens with zero attached hydrogens (tertiary/aromatic N) is 3. The third-order valence-electron chi connectivity index (χ3n) is 5.62. The molecule has 0 bridgehead atoms. The summed E-state index contributed by atoms with van der Waals surface area (Å²) in [6.07, 6.45) is 7.71. The molecule has 3 aromatic rings. The maximum absolute atomic E-state index is 13.2. The Kier molecular flexibility index (Phi) is 6.19. The third-order valence-corrected chi connectivity index (χ3v) is 5.62. The van der Waals surface area contributed by atoms with Gasteiger partial charge in [-0.1, -0.05) is 29.8 Å². The van der Waals surface area contributed by atoms with Gasteiger partial charge in [0.25, 0.3) is 5.91 Å². The molecule has 2 aromatic heterocycles. The molecule has 1 aliphatic rings. The molecule has 0 aliphatic carbocycles. The molecule has 5 heteroatoms. The lowest BCUT2D eigenvalue weighted by Gasteiger charge is -2.31. The average Bonchev–Trinajstić information content (AvgIpc) is 2.78. The first-order chi connectivity index (χ1) is 14.6. The molecule has 1 N–H and O–H groups in total. The lowest BCUT2D eigenvalue weighted by molar-refractivity contribution is 0.0915. The first kappa shape index (κ1) is 20.2. The molecule has 0 unspecified atom stereocenters. The molecule has 5 nitrogen and oxygen atoms in total. The van der Waals surface area contributed by atoms with Crippen molar-refractivity contribution in [2.24, 2.45) is 0 Å². The molecule has 4 rings (SSSR count). The van der Waals surface area contributed by atoms with Crippen LogP contribution < -0.4 is 5.32 Å². The highest BCUT2D eigenvalue weighted by Crippen LogP contribution is 2.25. The maximum atomic E-state index is 13.2. The number of aromatic nitrogens is 2. The Hall–Kier alpha value is -3.05. The van der Waals surface area contributed by atoms with Gasteiger partial charge in [-0.3, -0.25) is 14.7 Å². The Morgan fingerprint density at radius 1 is 1.13 bits per heavy atom. The average molecular weight is 401 g/mol. The SMILES string of the molecule is CC(C)=CCN1CCC(NC(=O)c2cc(-c3ccncc3)nc3ccccc23)CC1. The van der Waals surface area contributed by atoms with Gasteiger partial charge in [0.05, 0.1) is 16.8 Å². The topological polar surface area (TPSA) is 58.1 Å². The van der Waals surface area contributed by atoms with Crippen LogP contribution in [0.5, 0.6) is 0 Å². The minimum Gasteiger partial charge on any atom is -0.349 e. The van der Waals surface area contributed by atoms with E-state index in [1.807, 2.05) is 42.5 Å². The predicted molar refractivity (Wildman–Crippen MR) is 121 cm³/mol. The van der Waals surface area contributed by atoms with Gasteiger partial charge in [-0.25, -0.2) is 4.98 Å². The van der Waals surface area contributed by atoms with Crippen LogP contribution in [0.1, 0.15) is 37.0 Å². The van der Waals surface area contributed by atoms with Crippen LogP contribution in [0.15, 0.2) is 66.5 Å². The van der Waals surface area contributed by atoms with Gasteiger partial charge in [-0.15, -0.1) is 0 Å². The Balaban J connectivity index is 1.53. The molecule has 0 spiro atoms. The largest absolute Gasteiger partial charge is 0.349 e. The van der Waals surface area contributed by atoms with E-state index in [1.165, 1.54) is 5.57 Å². The number of rotatable bonds is 5. The first-order valence-electron chi connectivity index (χ1n) is 10.6. The lowest BCUT2D eigenvalue weighted by atomic mass is 10.0. The predicted octanol–water partition coefficient (Wildman–Crippen LogP) is 4.46. The maximum Gasteiger partial charge on any atom is 0.252 e. The Morgan fingerprint density at radius 2 is 1.87 bits per heavy atom. The highest BCUT2D eigenvalue weighted by molar-refractivity contribution is 6.07. The van der Waals surface area contributed by atoms with E-state index in [2.05, 4.69) is 35.1 Å². The van der Waals surface area contributed by atoms with Crippen molar-refractivity contribution in [2.75, 3.05) is 19.6 Å². The Bertz CT molecular complexity index is 1050. The van der Waals surface area contributed by atoms with E-state index in [0.29, 0.717) is 5.56 Å². The second-order valence-corrected chi connectivity index (χ2v) is 8.14. The van der Waals surface area contributed by atoms with Gasteiger partial charge in [-0.2, -0.15) is 0 Å². The molecule has 3 heterocycles. The first-order valence-corrected chi connectivity index (χ1v) is 10.6. The van der Waals surface area contributed by atoms with Gasteiger partial charge in [0.1, 0.15) is 0 Å². The highest BCUT2D eigenvalue weighted by Gasteiger charge is 2.22. The number of allylic oxidation sites excluding steroid dienone is 1. The van der Waals surface area contributed by atoms with Crippen LogP contribution in [0.2, 0.25) is 0 Å². The number of piperidine rings is 1. The molecule has 1 saturated heterocycles. The normalized spacial score (nSPS) is 15.1. The molecule has 154 valence electrons. The molecule has 1 amide bonds. The second kappa shape index (κ2) is 9.18. The van der Waals surface area contributed by atoms with Crippen LogP contribution in [0.25, 0.3) is 22.2 Å². The number of pyridine rings is 2. The fraction of sp³-hybridized carbons (Fsp3) is 0.320. The molecule has 1 aromatic carbocycles. The summed E-state index contributed by atoms with van der Waals surface area (Å²) in [7, 11) is 0. The van der Waals surface area contributed by atoms with E-state index in [-0.39, 0.29) is 11.9 Å². The summed E-state index contributed by atoms with van der Waals surface area (Å²) in [5.41, 5.74) is 4.60. The van der Waals surface area contributed by atoms with Gasteiger partial charge in [0, 0.05) is 49.0 Å². The van der Waals surface area contributed by atoms with Crippen molar-refractivity contribution in [3.8, 4) is 11.3 Å². The number of carbonyl (C=O) groups excluding carboxylic acids is 1. The minimum absolute atomic E-state index is 0.0216. The molecule has 30 heavy (non-hydrogen) atoms. The van der Waals surface area contributed by atoms with Crippen LogP contribution in [-0.2, 0) is 0 Å². The number of hydrogen-bond acceptors (Lipinski definition) is 4. The summed E-state index contributed by atoms with van der Waals surface area (Å²) in [6.45, 7) is 7.27. The number of amides is 1. The molecule has 0 atom stereocenters. The van der Waals surface area contributed by atoms with Crippen LogP contribution in [-0.4, -0.2) is 46.5 Å². The zero-order chi connectivity index (χ0) is 20.9.